The van der Waals surface area contributed by atoms with Gasteiger partial charge in [0.2, 0.25) is 6.79 Å². The Hall–Kier alpha value is -3.61. The van der Waals surface area contributed by atoms with E-state index in [9.17, 15) is 4.79 Å². The van der Waals surface area contributed by atoms with Gasteiger partial charge in [0.25, 0.3) is 5.91 Å². The molecule has 2 aromatic carbocycles. The molecule has 4 rings (SSSR count). The normalized spacial score (nSPS) is 11.9. The Morgan fingerprint density at radius 2 is 1.71 bits per heavy atom. The summed E-state index contributed by atoms with van der Waals surface area (Å²) in [4.78, 5) is 12.3. The van der Waals surface area contributed by atoms with Crippen molar-refractivity contribution >= 4 is 11.7 Å². The number of hydrogen-bond acceptors (Lipinski definition) is 6. The molecule has 0 unspecified atom stereocenters. The van der Waals surface area contributed by atoms with Gasteiger partial charge in [-0.2, -0.15) is 0 Å². The molecule has 1 aliphatic heterocycles. The maximum Gasteiger partial charge on any atom is 0.272 e. The van der Waals surface area contributed by atoms with E-state index in [4.69, 9.17) is 9.47 Å². The summed E-state index contributed by atoms with van der Waals surface area (Å²) in [6.07, 6.45) is 0. The average molecular weight is 376 g/mol. The third kappa shape index (κ3) is 4.20. The van der Waals surface area contributed by atoms with Crippen LogP contribution in [0.5, 0.6) is 11.5 Å². The van der Waals surface area contributed by atoms with Crippen molar-refractivity contribution in [2.24, 2.45) is 0 Å². The Morgan fingerprint density at radius 3 is 2.50 bits per heavy atom. The number of rotatable bonds is 6. The lowest BCUT2D eigenvalue weighted by atomic mass is 10.1. The first-order valence-electron chi connectivity index (χ1n) is 8.97. The van der Waals surface area contributed by atoms with Crippen LogP contribution in [-0.4, -0.2) is 22.9 Å². The van der Waals surface area contributed by atoms with Gasteiger partial charge in [0.05, 0.1) is 0 Å². The van der Waals surface area contributed by atoms with E-state index < -0.39 is 0 Å². The summed E-state index contributed by atoms with van der Waals surface area (Å²) < 4.78 is 10.6. The number of carbonyl (C=O) groups is 1. The van der Waals surface area contributed by atoms with Gasteiger partial charge in [0.1, 0.15) is 5.82 Å². The third-order valence-corrected chi connectivity index (χ3v) is 4.38. The molecule has 0 bridgehead atoms. The van der Waals surface area contributed by atoms with E-state index in [-0.39, 0.29) is 18.4 Å². The molecule has 0 saturated carbocycles. The highest BCUT2D eigenvalue weighted by atomic mass is 16.7. The molecular formula is C21H20N4O3. The maximum atomic E-state index is 12.3. The van der Waals surface area contributed by atoms with Gasteiger partial charge in [0.15, 0.2) is 17.2 Å². The number of aromatic nitrogens is 2. The van der Waals surface area contributed by atoms with Crippen LogP contribution >= 0.6 is 0 Å². The fourth-order valence-electron chi connectivity index (χ4n) is 2.77. The first-order chi connectivity index (χ1) is 13.7. The zero-order valence-electron chi connectivity index (χ0n) is 15.4. The minimum Gasteiger partial charge on any atom is -0.454 e. The van der Waals surface area contributed by atoms with Gasteiger partial charge in [-0.05, 0) is 42.3 Å². The summed E-state index contributed by atoms with van der Waals surface area (Å²) in [7, 11) is 0. The molecule has 0 aliphatic carbocycles. The third-order valence-electron chi connectivity index (χ3n) is 4.38. The van der Waals surface area contributed by atoms with Crippen LogP contribution < -0.4 is 20.1 Å². The number of nitrogens with one attached hydrogen (secondary N) is 2. The molecule has 28 heavy (non-hydrogen) atoms. The van der Waals surface area contributed by atoms with Crippen molar-refractivity contribution in [2.75, 3.05) is 12.1 Å². The van der Waals surface area contributed by atoms with E-state index >= 15 is 0 Å². The molecular weight excluding hydrogens is 356 g/mol. The van der Waals surface area contributed by atoms with E-state index in [1.807, 2.05) is 18.2 Å². The summed E-state index contributed by atoms with van der Waals surface area (Å²) in [6.45, 7) is 3.29. The number of nitrogens with zero attached hydrogens (tertiary/aromatic N) is 2. The Balaban J connectivity index is 1.30. The molecule has 142 valence electrons. The number of aryl methyl sites for hydroxylation is 1. The van der Waals surface area contributed by atoms with E-state index in [1.54, 1.807) is 12.1 Å². The summed E-state index contributed by atoms with van der Waals surface area (Å²) >= 11 is 0. The lowest BCUT2D eigenvalue weighted by Crippen LogP contribution is -2.24. The van der Waals surface area contributed by atoms with Crippen molar-refractivity contribution < 1.29 is 14.3 Å². The van der Waals surface area contributed by atoms with E-state index in [0.717, 1.165) is 16.9 Å². The number of amides is 1. The maximum absolute atomic E-state index is 12.3. The summed E-state index contributed by atoms with van der Waals surface area (Å²) in [5.41, 5.74) is 3.56. The van der Waals surface area contributed by atoms with Gasteiger partial charge in [-0.3, -0.25) is 4.79 Å². The second-order valence-electron chi connectivity index (χ2n) is 6.51. The topological polar surface area (TPSA) is 85.4 Å². The molecule has 7 heteroatoms. The standard InChI is InChI=1S/C21H20N4O3/c1-14-2-4-15(5-3-14)11-22-20-9-7-17(24-25-20)21(26)23-12-16-6-8-18-19(10-16)28-13-27-18/h2-10H,11-13H2,1H3,(H,22,25)(H,23,26). The van der Waals surface area contributed by atoms with Crippen LogP contribution in [0.4, 0.5) is 5.82 Å². The number of ether oxygens (including phenoxy) is 2. The van der Waals surface area contributed by atoms with Crippen molar-refractivity contribution in [1.82, 2.24) is 15.5 Å². The van der Waals surface area contributed by atoms with Crippen LogP contribution in [0.1, 0.15) is 27.2 Å². The van der Waals surface area contributed by atoms with Crippen LogP contribution in [0.2, 0.25) is 0 Å². The summed E-state index contributed by atoms with van der Waals surface area (Å²) in [5.74, 6) is 1.74. The van der Waals surface area contributed by atoms with Gasteiger partial charge in [-0.25, -0.2) is 0 Å². The number of fused-ring (bicyclic) bond motifs is 1. The minimum absolute atomic E-state index is 0.227. The fourth-order valence-corrected chi connectivity index (χ4v) is 2.77. The number of carbonyl (C=O) groups excluding carboxylic acids is 1. The smallest absolute Gasteiger partial charge is 0.272 e. The average Bonchev–Trinajstić information content (AvgIpc) is 3.20. The predicted molar refractivity (Wildman–Crippen MR) is 104 cm³/mol. The molecule has 3 aromatic rings. The van der Waals surface area contributed by atoms with Crippen LogP contribution in [-0.2, 0) is 13.1 Å². The van der Waals surface area contributed by atoms with Gasteiger partial charge in [-0.1, -0.05) is 35.9 Å². The second kappa shape index (κ2) is 7.96. The fraction of sp³-hybridized carbons (Fsp3) is 0.190. The zero-order chi connectivity index (χ0) is 19.3. The minimum atomic E-state index is -0.282. The highest BCUT2D eigenvalue weighted by molar-refractivity contribution is 5.92. The molecule has 0 atom stereocenters. The highest BCUT2D eigenvalue weighted by Crippen LogP contribution is 2.32. The molecule has 1 aliphatic rings. The van der Waals surface area contributed by atoms with Crippen molar-refractivity contribution in [1.29, 1.82) is 0 Å². The molecule has 0 saturated heterocycles. The van der Waals surface area contributed by atoms with Crippen LogP contribution in [0.15, 0.2) is 54.6 Å². The lowest BCUT2D eigenvalue weighted by Gasteiger charge is -2.07. The Bertz CT molecular complexity index is 972. The molecule has 2 heterocycles. The van der Waals surface area contributed by atoms with Crippen molar-refractivity contribution in [2.45, 2.75) is 20.0 Å². The molecule has 0 spiro atoms. The highest BCUT2D eigenvalue weighted by Gasteiger charge is 2.14. The second-order valence-corrected chi connectivity index (χ2v) is 6.51. The van der Waals surface area contributed by atoms with Gasteiger partial charge in [0, 0.05) is 13.1 Å². The largest absolute Gasteiger partial charge is 0.454 e. The Kier molecular flexibility index (Phi) is 5.05. The van der Waals surface area contributed by atoms with E-state index in [1.165, 1.54) is 5.56 Å². The number of anilines is 1. The molecule has 2 N–H and O–H groups in total. The number of hydrogen-bond donors (Lipinski definition) is 2. The monoisotopic (exact) mass is 376 g/mol. The van der Waals surface area contributed by atoms with Crippen molar-refractivity contribution in [3.8, 4) is 11.5 Å². The lowest BCUT2D eigenvalue weighted by molar-refractivity contribution is 0.0945. The van der Waals surface area contributed by atoms with Crippen LogP contribution in [0.25, 0.3) is 0 Å². The van der Waals surface area contributed by atoms with E-state index in [0.29, 0.717) is 24.7 Å². The molecule has 7 nitrogen and oxygen atoms in total. The Morgan fingerprint density at radius 1 is 0.929 bits per heavy atom. The van der Waals surface area contributed by atoms with E-state index in [2.05, 4.69) is 52.0 Å². The van der Waals surface area contributed by atoms with Gasteiger partial charge in [-0.15, -0.1) is 10.2 Å². The summed E-state index contributed by atoms with van der Waals surface area (Å²) in [6, 6.07) is 17.2. The van der Waals surface area contributed by atoms with Gasteiger partial charge >= 0.3 is 0 Å². The first kappa shape index (κ1) is 17.8. The molecule has 1 amide bonds. The molecule has 1 aromatic heterocycles. The van der Waals surface area contributed by atoms with Crippen LogP contribution in [0.3, 0.4) is 0 Å². The van der Waals surface area contributed by atoms with Crippen molar-refractivity contribution in [3.05, 3.63) is 77.0 Å². The zero-order valence-corrected chi connectivity index (χ0v) is 15.4. The van der Waals surface area contributed by atoms with Gasteiger partial charge < -0.3 is 20.1 Å². The molecule has 0 radical (unpaired) electrons. The SMILES string of the molecule is Cc1ccc(CNc2ccc(C(=O)NCc3ccc4c(c3)OCO4)nn2)cc1. The summed E-state index contributed by atoms with van der Waals surface area (Å²) in [5, 5.41) is 14.1. The van der Waals surface area contributed by atoms with Crippen LogP contribution in [0, 0.1) is 6.92 Å². The van der Waals surface area contributed by atoms with Crippen molar-refractivity contribution in [3.63, 3.8) is 0 Å². The first-order valence-corrected chi connectivity index (χ1v) is 8.97. The quantitative estimate of drug-likeness (QED) is 0.688. The number of benzene rings is 2. The predicted octanol–water partition coefficient (Wildman–Crippen LogP) is 3.06. The Labute approximate surface area is 162 Å². The molecule has 0 fully saturated rings.